The molecule has 0 aliphatic heterocycles. The molecule has 0 atom stereocenters. The smallest absolute Gasteiger partial charge is 0.0360 e. The van der Waals surface area contributed by atoms with Crippen molar-refractivity contribution in [3.05, 3.63) is 47.5 Å². The number of aliphatic imine (C=N–C) groups is 1. The second kappa shape index (κ2) is 5.16. The van der Waals surface area contributed by atoms with E-state index in [1.165, 1.54) is 27.6 Å². The molecule has 2 aromatic carbocycles. The summed E-state index contributed by atoms with van der Waals surface area (Å²) in [6.45, 7) is 11.8. The molecular formula is C18H23N. The molecule has 0 saturated carbocycles. The van der Waals surface area contributed by atoms with Crippen LogP contribution in [0.2, 0.25) is 0 Å². The molecule has 0 fully saturated rings. The lowest BCUT2D eigenvalue weighted by atomic mass is 9.76. The van der Waals surface area contributed by atoms with Crippen LogP contribution in [0, 0.1) is 6.92 Å². The SMILES string of the molecule is CC/N=C(\C)C(C)(C)c1c(C)ccc2ccccc12. The van der Waals surface area contributed by atoms with Gasteiger partial charge in [-0.25, -0.2) is 0 Å². The van der Waals surface area contributed by atoms with Crippen molar-refractivity contribution in [1.29, 1.82) is 0 Å². The van der Waals surface area contributed by atoms with Crippen LogP contribution in [0.15, 0.2) is 41.4 Å². The predicted octanol–water partition coefficient (Wildman–Crippen LogP) is 4.91. The maximum absolute atomic E-state index is 4.64. The van der Waals surface area contributed by atoms with Crippen molar-refractivity contribution < 1.29 is 0 Å². The van der Waals surface area contributed by atoms with Gasteiger partial charge >= 0.3 is 0 Å². The monoisotopic (exact) mass is 253 g/mol. The van der Waals surface area contributed by atoms with Crippen LogP contribution in [0.25, 0.3) is 10.8 Å². The maximum Gasteiger partial charge on any atom is 0.0360 e. The van der Waals surface area contributed by atoms with E-state index in [-0.39, 0.29) is 5.41 Å². The first kappa shape index (κ1) is 13.8. The van der Waals surface area contributed by atoms with Crippen LogP contribution in [0.1, 0.15) is 38.8 Å². The molecule has 2 rings (SSSR count). The van der Waals surface area contributed by atoms with E-state index in [1.807, 2.05) is 0 Å². The zero-order valence-corrected chi connectivity index (χ0v) is 12.6. The molecule has 0 bridgehead atoms. The van der Waals surface area contributed by atoms with Gasteiger partial charge in [0.1, 0.15) is 0 Å². The number of hydrogen-bond acceptors (Lipinski definition) is 1. The molecule has 0 aliphatic rings. The minimum Gasteiger partial charge on any atom is -0.294 e. The number of rotatable bonds is 3. The molecule has 1 nitrogen and oxygen atoms in total. The lowest BCUT2D eigenvalue weighted by Crippen LogP contribution is -2.28. The second-order valence-corrected chi connectivity index (χ2v) is 5.66. The van der Waals surface area contributed by atoms with Gasteiger partial charge in [0.05, 0.1) is 0 Å². The Bertz CT molecular complexity index is 621. The fourth-order valence-electron chi connectivity index (χ4n) is 2.83. The topological polar surface area (TPSA) is 12.4 Å². The van der Waals surface area contributed by atoms with E-state index >= 15 is 0 Å². The first-order valence-electron chi connectivity index (χ1n) is 6.98. The second-order valence-electron chi connectivity index (χ2n) is 5.66. The lowest BCUT2D eigenvalue weighted by molar-refractivity contribution is 0.710. The maximum atomic E-state index is 4.64. The summed E-state index contributed by atoms with van der Waals surface area (Å²) in [5.41, 5.74) is 3.92. The summed E-state index contributed by atoms with van der Waals surface area (Å²) in [5, 5.41) is 2.65. The highest BCUT2D eigenvalue weighted by atomic mass is 14.7. The van der Waals surface area contributed by atoms with Gasteiger partial charge in [-0.15, -0.1) is 0 Å². The number of benzene rings is 2. The van der Waals surface area contributed by atoms with Crippen LogP contribution < -0.4 is 0 Å². The molecule has 0 radical (unpaired) electrons. The van der Waals surface area contributed by atoms with Crippen molar-refractivity contribution in [1.82, 2.24) is 0 Å². The van der Waals surface area contributed by atoms with E-state index in [0.29, 0.717) is 0 Å². The van der Waals surface area contributed by atoms with Gasteiger partial charge in [-0.3, -0.25) is 4.99 Å². The highest BCUT2D eigenvalue weighted by molar-refractivity contribution is 5.98. The molecule has 0 spiro atoms. The Morgan fingerprint density at radius 3 is 2.47 bits per heavy atom. The summed E-state index contributed by atoms with van der Waals surface area (Å²) in [5.74, 6) is 0. The van der Waals surface area contributed by atoms with E-state index in [1.54, 1.807) is 0 Å². The van der Waals surface area contributed by atoms with E-state index in [2.05, 4.69) is 76.0 Å². The third-order valence-corrected chi connectivity index (χ3v) is 4.06. The predicted molar refractivity (Wildman–Crippen MR) is 85.4 cm³/mol. The minimum atomic E-state index is -0.0268. The summed E-state index contributed by atoms with van der Waals surface area (Å²) in [4.78, 5) is 4.64. The average molecular weight is 253 g/mol. The van der Waals surface area contributed by atoms with Gasteiger partial charge in [0.25, 0.3) is 0 Å². The molecule has 1 heteroatoms. The van der Waals surface area contributed by atoms with Gasteiger partial charge < -0.3 is 0 Å². The molecule has 0 aromatic heterocycles. The summed E-state index contributed by atoms with van der Waals surface area (Å²) in [6, 6.07) is 13.0. The number of aryl methyl sites for hydroxylation is 1. The van der Waals surface area contributed by atoms with Crippen LogP contribution in [0.4, 0.5) is 0 Å². The van der Waals surface area contributed by atoms with Crippen LogP contribution in [0.5, 0.6) is 0 Å². The quantitative estimate of drug-likeness (QED) is 0.689. The van der Waals surface area contributed by atoms with Crippen molar-refractivity contribution in [2.75, 3.05) is 6.54 Å². The summed E-state index contributed by atoms with van der Waals surface area (Å²) in [6.07, 6.45) is 0. The molecule has 0 unspecified atom stereocenters. The molecule has 0 amide bonds. The largest absolute Gasteiger partial charge is 0.294 e. The molecule has 0 aliphatic carbocycles. The number of fused-ring (bicyclic) bond motifs is 1. The minimum absolute atomic E-state index is 0.0268. The van der Waals surface area contributed by atoms with E-state index in [9.17, 15) is 0 Å². The normalized spacial score (nSPS) is 13.0. The van der Waals surface area contributed by atoms with Crippen LogP contribution >= 0.6 is 0 Å². The van der Waals surface area contributed by atoms with Gasteiger partial charge in [-0.1, -0.05) is 50.2 Å². The molecule has 2 aromatic rings. The Balaban J connectivity index is 2.74. The van der Waals surface area contributed by atoms with Gasteiger partial charge in [0.15, 0.2) is 0 Å². The van der Waals surface area contributed by atoms with E-state index < -0.39 is 0 Å². The zero-order valence-electron chi connectivity index (χ0n) is 12.6. The third-order valence-electron chi connectivity index (χ3n) is 4.06. The van der Waals surface area contributed by atoms with Crippen LogP contribution in [0.3, 0.4) is 0 Å². The van der Waals surface area contributed by atoms with Crippen molar-refractivity contribution in [3.8, 4) is 0 Å². The summed E-state index contributed by atoms with van der Waals surface area (Å²) in [7, 11) is 0. The van der Waals surface area contributed by atoms with Crippen LogP contribution in [-0.2, 0) is 5.41 Å². The number of hydrogen-bond donors (Lipinski definition) is 0. The van der Waals surface area contributed by atoms with Crippen molar-refractivity contribution in [2.24, 2.45) is 4.99 Å². The Hall–Kier alpha value is -1.63. The van der Waals surface area contributed by atoms with Gasteiger partial charge in [0, 0.05) is 17.7 Å². The van der Waals surface area contributed by atoms with Crippen molar-refractivity contribution >= 4 is 16.5 Å². The third kappa shape index (κ3) is 2.42. The fraction of sp³-hybridized carbons (Fsp3) is 0.389. The molecule has 19 heavy (non-hydrogen) atoms. The molecule has 0 heterocycles. The lowest BCUT2D eigenvalue weighted by Gasteiger charge is -2.29. The van der Waals surface area contributed by atoms with Crippen molar-refractivity contribution in [2.45, 2.75) is 40.0 Å². The summed E-state index contributed by atoms with van der Waals surface area (Å²) < 4.78 is 0. The van der Waals surface area contributed by atoms with E-state index in [0.717, 1.165) is 6.54 Å². The molecular weight excluding hydrogens is 230 g/mol. The highest BCUT2D eigenvalue weighted by Crippen LogP contribution is 2.34. The first-order valence-corrected chi connectivity index (χ1v) is 6.98. The van der Waals surface area contributed by atoms with Gasteiger partial charge in [0.2, 0.25) is 0 Å². The van der Waals surface area contributed by atoms with Crippen molar-refractivity contribution in [3.63, 3.8) is 0 Å². The Morgan fingerprint density at radius 2 is 1.79 bits per heavy atom. The first-order chi connectivity index (χ1) is 8.98. The average Bonchev–Trinajstić information content (AvgIpc) is 2.38. The Kier molecular flexibility index (Phi) is 3.75. The van der Waals surface area contributed by atoms with Crippen LogP contribution in [-0.4, -0.2) is 12.3 Å². The highest BCUT2D eigenvalue weighted by Gasteiger charge is 2.27. The van der Waals surface area contributed by atoms with E-state index in [4.69, 9.17) is 0 Å². The Labute approximate surface area is 116 Å². The summed E-state index contributed by atoms with van der Waals surface area (Å²) >= 11 is 0. The van der Waals surface area contributed by atoms with Gasteiger partial charge in [-0.05, 0) is 42.7 Å². The standard InChI is InChI=1S/C18H23N/c1-6-19-14(3)18(4,5)17-13(2)11-12-15-9-7-8-10-16(15)17/h7-12H,6H2,1-5H3/b19-14+. The zero-order chi connectivity index (χ0) is 14.0. The Morgan fingerprint density at radius 1 is 1.11 bits per heavy atom. The van der Waals surface area contributed by atoms with Gasteiger partial charge in [-0.2, -0.15) is 0 Å². The molecule has 0 N–H and O–H groups in total. The molecule has 100 valence electrons. The number of nitrogens with zero attached hydrogens (tertiary/aromatic N) is 1. The molecule has 0 saturated heterocycles. The fourth-order valence-corrected chi connectivity index (χ4v) is 2.83.